The van der Waals surface area contributed by atoms with Gasteiger partial charge in [-0.05, 0) is 56.7 Å². The number of carbonyl (C=O) groups is 2. The predicted octanol–water partition coefficient (Wildman–Crippen LogP) is 3.90. The lowest BCUT2D eigenvalue weighted by molar-refractivity contribution is -0.133. The minimum atomic E-state index is -0.576. The minimum Gasteiger partial charge on any atom is -0.341 e. The van der Waals surface area contributed by atoms with E-state index in [0.717, 1.165) is 42.6 Å². The van der Waals surface area contributed by atoms with Gasteiger partial charge in [-0.3, -0.25) is 4.79 Å². The average Bonchev–Trinajstić information content (AvgIpc) is 3.13. The van der Waals surface area contributed by atoms with Crippen LogP contribution in [0.5, 0.6) is 0 Å². The van der Waals surface area contributed by atoms with Crippen molar-refractivity contribution in [2.75, 3.05) is 13.1 Å². The van der Waals surface area contributed by atoms with Crippen LogP contribution in [0.3, 0.4) is 0 Å². The topological polar surface area (TPSA) is 61.4 Å². The first-order valence-corrected chi connectivity index (χ1v) is 9.75. The summed E-state index contributed by atoms with van der Waals surface area (Å²) in [4.78, 5) is 27.3. The molecule has 1 aliphatic rings. The third-order valence-electron chi connectivity index (χ3n) is 5.14. The Morgan fingerprint density at radius 3 is 2.37 bits per heavy atom. The van der Waals surface area contributed by atoms with Crippen molar-refractivity contribution in [2.45, 2.75) is 59.0 Å². The lowest BCUT2D eigenvalue weighted by Crippen LogP contribution is -2.55. The highest BCUT2D eigenvalue weighted by Crippen LogP contribution is 2.23. The summed E-state index contributed by atoms with van der Waals surface area (Å²) >= 11 is 0. The zero-order valence-electron chi connectivity index (χ0n) is 17.3. The molecule has 27 heavy (non-hydrogen) atoms. The molecule has 0 bridgehead atoms. The van der Waals surface area contributed by atoms with Crippen molar-refractivity contribution in [1.29, 1.82) is 0 Å². The van der Waals surface area contributed by atoms with E-state index >= 15 is 0 Å². The number of nitrogens with zero attached hydrogens (tertiary/aromatic N) is 1. The van der Waals surface area contributed by atoms with Crippen LogP contribution in [0, 0.1) is 5.92 Å². The van der Waals surface area contributed by atoms with Crippen LogP contribution < -0.4 is 10.6 Å². The molecule has 1 aromatic carbocycles. The summed E-state index contributed by atoms with van der Waals surface area (Å²) in [6.45, 7) is 15.3. The highest BCUT2D eigenvalue weighted by Gasteiger charge is 2.31. The number of rotatable bonds is 6. The maximum Gasteiger partial charge on any atom is 0.316 e. The third kappa shape index (κ3) is 5.34. The summed E-state index contributed by atoms with van der Waals surface area (Å²) in [6.07, 6.45) is 2.07. The molecule has 0 saturated carbocycles. The molecule has 1 aromatic rings. The molecule has 1 aliphatic heterocycles. The molecule has 0 unspecified atom stereocenters. The second-order valence-electron chi connectivity index (χ2n) is 8.34. The zero-order chi connectivity index (χ0) is 20.2. The average molecular weight is 372 g/mol. The van der Waals surface area contributed by atoms with Gasteiger partial charge in [0, 0.05) is 13.1 Å². The number of likely N-dealkylation sites (tertiary alicyclic amines) is 1. The molecule has 2 N–H and O–H groups in total. The minimum absolute atomic E-state index is 0.0136. The summed E-state index contributed by atoms with van der Waals surface area (Å²) in [6, 6.07) is 7.16. The fraction of sp³-hybridized carbons (Fsp3) is 0.545. The Hall–Kier alpha value is -2.30. The van der Waals surface area contributed by atoms with E-state index in [0.29, 0.717) is 0 Å². The SMILES string of the molecule is C=C(C)c1cccc(C(C)(C)NC(=O)N[C@H](C(=O)N2CCCC2)C(C)C)c1. The van der Waals surface area contributed by atoms with Crippen LogP contribution in [0.1, 0.15) is 58.6 Å². The first-order chi connectivity index (χ1) is 12.6. The zero-order valence-corrected chi connectivity index (χ0v) is 17.3. The van der Waals surface area contributed by atoms with Gasteiger partial charge in [-0.15, -0.1) is 0 Å². The van der Waals surface area contributed by atoms with E-state index in [4.69, 9.17) is 0 Å². The normalized spacial score (nSPS) is 15.6. The van der Waals surface area contributed by atoms with Gasteiger partial charge in [-0.25, -0.2) is 4.79 Å². The summed E-state index contributed by atoms with van der Waals surface area (Å²) in [5, 5.41) is 5.92. The molecule has 0 aromatic heterocycles. The molecular weight excluding hydrogens is 338 g/mol. The number of hydrogen-bond donors (Lipinski definition) is 2. The van der Waals surface area contributed by atoms with Gasteiger partial charge in [0.2, 0.25) is 5.91 Å². The van der Waals surface area contributed by atoms with Gasteiger partial charge in [-0.2, -0.15) is 0 Å². The Bertz CT molecular complexity index is 703. The van der Waals surface area contributed by atoms with Crippen molar-refractivity contribution >= 4 is 17.5 Å². The van der Waals surface area contributed by atoms with Crippen molar-refractivity contribution in [1.82, 2.24) is 15.5 Å². The van der Waals surface area contributed by atoms with Crippen LogP contribution in [-0.2, 0) is 10.3 Å². The number of hydrogen-bond acceptors (Lipinski definition) is 2. The summed E-state index contributed by atoms with van der Waals surface area (Å²) in [5.41, 5.74) is 2.44. The molecule has 0 aliphatic carbocycles. The standard InChI is InChI=1S/C22H33N3O2/c1-15(2)17-10-9-11-18(14-17)22(5,6)24-21(27)23-19(16(3)4)20(26)25-12-7-8-13-25/h9-11,14,16,19H,1,7-8,12-13H2,2-6H3,(H2,23,24,27)/t19-/m0/s1. The third-order valence-corrected chi connectivity index (χ3v) is 5.14. The quantitative estimate of drug-likeness (QED) is 0.797. The molecule has 1 saturated heterocycles. The van der Waals surface area contributed by atoms with Gasteiger partial charge in [0.05, 0.1) is 5.54 Å². The van der Waals surface area contributed by atoms with Crippen molar-refractivity contribution in [2.24, 2.45) is 5.92 Å². The van der Waals surface area contributed by atoms with E-state index in [1.54, 1.807) is 0 Å². The lowest BCUT2D eigenvalue weighted by atomic mass is 9.92. The molecule has 3 amide bonds. The van der Waals surface area contributed by atoms with Crippen molar-refractivity contribution in [3.63, 3.8) is 0 Å². The lowest BCUT2D eigenvalue weighted by Gasteiger charge is -2.31. The number of nitrogens with one attached hydrogen (secondary N) is 2. The Morgan fingerprint density at radius 1 is 1.19 bits per heavy atom. The van der Waals surface area contributed by atoms with E-state index in [9.17, 15) is 9.59 Å². The molecule has 0 spiro atoms. The molecule has 148 valence electrons. The molecule has 1 fully saturated rings. The maximum atomic E-state index is 12.8. The monoisotopic (exact) mass is 371 g/mol. The number of carbonyl (C=O) groups excluding carboxylic acids is 2. The smallest absolute Gasteiger partial charge is 0.316 e. The second kappa shape index (κ2) is 8.59. The van der Waals surface area contributed by atoms with E-state index in [1.165, 1.54) is 0 Å². The summed E-state index contributed by atoms with van der Waals surface area (Å²) in [5.74, 6) is 0.0402. The first-order valence-electron chi connectivity index (χ1n) is 9.75. The van der Waals surface area contributed by atoms with E-state index in [1.807, 2.05) is 63.8 Å². The largest absolute Gasteiger partial charge is 0.341 e. The second-order valence-corrected chi connectivity index (χ2v) is 8.34. The molecule has 5 nitrogen and oxygen atoms in total. The van der Waals surface area contributed by atoms with E-state index < -0.39 is 11.6 Å². The van der Waals surface area contributed by atoms with Crippen LogP contribution in [-0.4, -0.2) is 36.0 Å². The fourth-order valence-electron chi connectivity index (χ4n) is 3.35. The summed E-state index contributed by atoms with van der Waals surface area (Å²) < 4.78 is 0. The summed E-state index contributed by atoms with van der Waals surface area (Å²) in [7, 11) is 0. The van der Waals surface area contributed by atoms with Crippen molar-refractivity contribution < 1.29 is 9.59 Å². The van der Waals surface area contributed by atoms with Crippen molar-refractivity contribution in [3.05, 3.63) is 42.0 Å². The fourth-order valence-corrected chi connectivity index (χ4v) is 3.35. The van der Waals surface area contributed by atoms with Crippen LogP contribution in [0.25, 0.3) is 5.57 Å². The predicted molar refractivity (Wildman–Crippen MR) is 110 cm³/mol. The number of amides is 3. The maximum absolute atomic E-state index is 12.8. The van der Waals surface area contributed by atoms with Gasteiger partial charge in [0.25, 0.3) is 0 Å². The van der Waals surface area contributed by atoms with E-state index in [-0.39, 0.29) is 17.9 Å². The van der Waals surface area contributed by atoms with Crippen LogP contribution in [0.15, 0.2) is 30.8 Å². The van der Waals surface area contributed by atoms with Gasteiger partial charge in [0.15, 0.2) is 0 Å². The number of allylic oxidation sites excluding steroid dienone is 1. The molecule has 0 radical (unpaired) electrons. The number of benzene rings is 1. The highest BCUT2D eigenvalue weighted by atomic mass is 16.2. The van der Waals surface area contributed by atoms with Gasteiger partial charge in [0.1, 0.15) is 6.04 Å². The van der Waals surface area contributed by atoms with Gasteiger partial charge >= 0.3 is 6.03 Å². The van der Waals surface area contributed by atoms with Crippen LogP contribution in [0.4, 0.5) is 4.79 Å². The van der Waals surface area contributed by atoms with Crippen LogP contribution >= 0.6 is 0 Å². The highest BCUT2D eigenvalue weighted by molar-refractivity contribution is 5.87. The van der Waals surface area contributed by atoms with Crippen LogP contribution in [0.2, 0.25) is 0 Å². The molecule has 2 rings (SSSR count). The molecule has 5 heteroatoms. The van der Waals surface area contributed by atoms with Gasteiger partial charge in [-0.1, -0.05) is 44.2 Å². The molecule has 1 heterocycles. The molecular formula is C22H33N3O2. The Kier molecular flexibility index (Phi) is 6.68. The Labute approximate surface area is 163 Å². The van der Waals surface area contributed by atoms with Crippen molar-refractivity contribution in [3.8, 4) is 0 Å². The Balaban J connectivity index is 2.08. The molecule has 1 atom stereocenters. The first kappa shape index (κ1) is 21.0. The van der Waals surface area contributed by atoms with E-state index in [2.05, 4.69) is 17.2 Å². The number of urea groups is 1. The van der Waals surface area contributed by atoms with Gasteiger partial charge < -0.3 is 15.5 Å². The Morgan fingerprint density at radius 2 is 1.81 bits per heavy atom.